The number of halogens is 2. The molecule has 31 heavy (non-hydrogen) atoms. The van der Waals surface area contributed by atoms with E-state index in [2.05, 4.69) is 42.7 Å². The van der Waals surface area contributed by atoms with Crippen LogP contribution in [-0.2, 0) is 12.8 Å². The van der Waals surface area contributed by atoms with E-state index >= 15 is 0 Å². The Kier molecular flexibility index (Phi) is 8.03. The van der Waals surface area contributed by atoms with Gasteiger partial charge in [0, 0.05) is 16.7 Å². The summed E-state index contributed by atoms with van der Waals surface area (Å²) in [6.45, 7) is 4.19. The van der Waals surface area contributed by atoms with Crippen molar-refractivity contribution in [2.24, 2.45) is 0 Å². The summed E-state index contributed by atoms with van der Waals surface area (Å²) < 4.78 is 28.5. The largest absolute Gasteiger partial charge is 0.207 e. The predicted octanol–water partition coefficient (Wildman–Crippen LogP) is 7.06. The highest BCUT2D eigenvalue weighted by Gasteiger charge is 2.03. The molecule has 0 aliphatic carbocycles. The van der Waals surface area contributed by atoms with Gasteiger partial charge in [0.2, 0.25) is 0 Å². The van der Waals surface area contributed by atoms with Crippen LogP contribution in [0.4, 0.5) is 8.78 Å². The van der Waals surface area contributed by atoms with Crippen LogP contribution in [0.2, 0.25) is 0 Å². The lowest BCUT2D eigenvalue weighted by Crippen LogP contribution is -1.91. The summed E-state index contributed by atoms with van der Waals surface area (Å²) in [7, 11) is 0. The average molecular weight is 413 g/mol. The SMILES string of the molecule is CCCCc1ccc(C#Cc2ccc(C#Cc3ccc(CCC)c(F)c3)c(F)c2)cc1. The lowest BCUT2D eigenvalue weighted by atomic mass is 10.1. The Hall–Kier alpha value is -3.36. The zero-order chi connectivity index (χ0) is 22.1. The van der Waals surface area contributed by atoms with Gasteiger partial charge in [0.25, 0.3) is 0 Å². The van der Waals surface area contributed by atoms with Gasteiger partial charge in [0.1, 0.15) is 11.6 Å². The topological polar surface area (TPSA) is 0 Å². The Morgan fingerprint density at radius 1 is 0.613 bits per heavy atom. The summed E-state index contributed by atoms with van der Waals surface area (Å²) in [4.78, 5) is 0. The van der Waals surface area contributed by atoms with Crippen LogP contribution in [0.25, 0.3) is 0 Å². The molecule has 0 aliphatic heterocycles. The van der Waals surface area contributed by atoms with Gasteiger partial charge >= 0.3 is 0 Å². The van der Waals surface area contributed by atoms with Crippen molar-refractivity contribution in [3.05, 3.63) is 106 Å². The van der Waals surface area contributed by atoms with Crippen molar-refractivity contribution in [1.82, 2.24) is 0 Å². The molecule has 0 aliphatic rings. The molecule has 0 bridgehead atoms. The molecule has 2 heteroatoms. The fraction of sp³-hybridized carbons (Fsp3) is 0.241. The Morgan fingerprint density at radius 2 is 1.23 bits per heavy atom. The first-order valence-electron chi connectivity index (χ1n) is 10.8. The zero-order valence-corrected chi connectivity index (χ0v) is 18.1. The second-order valence-corrected chi connectivity index (χ2v) is 7.55. The molecule has 0 unspecified atom stereocenters. The van der Waals surface area contributed by atoms with E-state index in [1.54, 1.807) is 24.3 Å². The van der Waals surface area contributed by atoms with Crippen molar-refractivity contribution in [2.45, 2.75) is 46.0 Å². The number of hydrogen-bond acceptors (Lipinski definition) is 0. The van der Waals surface area contributed by atoms with Gasteiger partial charge in [0.15, 0.2) is 0 Å². The third kappa shape index (κ3) is 6.56. The number of unbranched alkanes of at least 4 members (excludes halogenated alkanes) is 1. The fourth-order valence-electron chi connectivity index (χ4n) is 3.21. The molecule has 0 aromatic heterocycles. The third-order valence-corrected chi connectivity index (χ3v) is 5.01. The normalized spacial score (nSPS) is 10.1. The van der Waals surface area contributed by atoms with Gasteiger partial charge in [-0.3, -0.25) is 0 Å². The van der Waals surface area contributed by atoms with Crippen LogP contribution in [0.1, 0.15) is 66.5 Å². The van der Waals surface area contributed by atoms with Crippen LogP contribution < -0.4 is 0 Å². The van der Waals surface area contributed by atoms with Crippen molar-refractivity contribution in [3.63, 3.8) is 0 Å². The van der Waals surface area contributed by atoms with Crippen molar-refractivity contribution in [2.75, 3.05) is 0 Å². The fourth-order valence-corrected chi connectivity index (χ4v) is 3.21. The predicted molar refractivity (Wildman–Crippen MR) is 124 cm³/mol. The number of hydrogen-bond donors (Lipinski definition) is 0. The van der Waals surface area contributed by atoms with Crippen LogP contribution in [-0.4, -0.2) is 0 Å². The van der Waals surface area contributed by atoms with Crippen molar-refractivity contribution in [3.8, 4) is 23.7 Å². The van der Waals surface area contributed by atoms with Crippen LogP contribution >= 0.6 is 0 Å². The van der Waals surface area contributed by atoms with Gasteiger partial charge in [0.05, 0.1) is 5.56 Å². The molecule has 3 rings (SSSR count). The minimum absolute atomic E-state index is 0.266. The van der Waals surface area contributed by atoms with Crippen LogP contribution in [0.5, 0.6) is 0 Å². The second kappa shape index (κ2) is 11.1. The van der Waals surface area contributed by atoms with Crippen molar-refractivity contribution >= 4 is 0 Å². The first kappa shape index (κ1) is 22.3. The Labute approximate surface area is 184 Å². The van der Waals surface area contributed by atoms with Gasteiger partial charge in [-0.2, -0.15) is 0 Å². The first-order chi connectivity index (χ1) is 15.1. The van der Waals surface area contributed by atoms with Crippen LogP contribution in [0.15, 0.2) is 60.7 Å². The molecular formula is C29H26F2. The molecule has 0 saturated heterocycles. The van der Waals surface area contributed by atoms with Gasteiger partial charge < -0.3 is 0 Å². The molecule has 0 spiro atoms. The Morgan fingerprint density at radius 3 is 1.87 bits per heavy atom. The van der Waals surface area contributed by atoms with E-state index in [1.165, 1.54) is 30.5 Å². The van der Waals surface area contributed by atoms with E-state index < -0.39 is 5.82 Å². The summed E-state index contributed by atoms with van der Waals surface area (Å²) in [6, 6.07) is 17.9. The van der Waals surface area contributed by atoms with E-state index in [0.717, 1.165) is 18.4 Å². The maximum Gasteiger partial charge on any atom is 0.140 e. The van der Waals surface area contributed by atoms with Crippen LogP contribution in [0, 0.1) is 35.3 Å². The minimum Gasteiger partial charge on any atom is -0.207 e. The standard InChI is InChI=1S/C29H26F2/c1-3-5-7-22-8-10-23(11-9-22)12-13-24-15-18-27(29(31)20-24)19-16-25-14-17-26(6-4-2)28(30)21-25/h8-11,14-15,17-18,20-21H,3-7H2,1-2H3. The van der Waals surface area contributed by atoms with Crippen LogP contribution in [0.3, 0.4) is 0 Å². The van der Waals surface area contributed by atoms with E-state index in [-0.39, 0.29) is 11.4 Å². The number of benzene rings is 3. The molecule has 0 nitrogen and oxygen atoms in total. The zero-order valence-electron chi connectivity index (χ0n) is 18.1. The smallest absolute Gasteiger partial charge is 0.140 e. The first-order valence-corrected chi connectivity index (χ1v) is 10.8. The maximum absolute atomic E-state index is 14.4. The molecule has 0 atom stereocenters. The van der Waals surface area contributed by atoms with Crippen molar-refractivity contribution < 1.29 is 8.78 Å². The summed E-state index contributed by atoms with van der Waals surface area (Å²) in [6.07, 6.45) is 5.01. The summed E-state index contributed by atoms with van der Waals surface area (Å²) in [5, 5.41) is 0. The van der Waals surface area contributed by atoms with E-state index in [9.17, 15) is 8.78 Å². The summed E-state index contributed by atoms with van der Waals surface area (Å²) in [5.41, 5.74) is 4.28. The molecule has 156 valence electrons. The third-order valence-electron chi connectivity index (χ3n) is 5.01. The van der Waals surface area contributed by atoms with E-state index in [1.807, 2.05) is 19.1 Å². The second-order valence-electron chi connectivity index (χ2n) is 7.55. The Balaban J connectivity index is 1.71. The molecule has 0 heterocycles. The van der Waals surface area contributed by atoms with Gasteiger partial charge in [-0.05, 0) is 72.9 Å². The quantitative estimate of drug-likeness (QED) is 0.394. The minimum atomic E-state index is -0.433. The lowest BCUT2D eigenvalue weighted by molar-refractivity contribution is 0.607. The summed E-state index contributed by atoms with van der Waals surface area (Å²) in [5.74, 6) is 11.0. The summed E-state index contributed by atoms with van der Waals surface area (Å²) >= 11 is 0. The molecule has 0 radical (unpaired) electrons. The highest BCUT2D eigenvalue weighted by molar-refractivity contribution is 5.49. The molecule has 0 amide bonds. The number of aryl methyl sites for hydroxylation is 2. The molecule has 3 aromatic rings. The maximum atomic E-state index is 14.4. The lowest BCUT2D eigenvalue weighted by Gasteiger charge is -2.01. The van der Waals surface area contributed by atoms with Gasteiger partial charge in [-0.15, -0.1) is 0 Å². The van der Waals surface area contributed by atoms with Gasteiger partial charge in [-0.1, -0.05) is 68.6 Å². The highest BCUT2D eigenvalue weighted by atomic mass is 19.1. The number of rotatable bonds is 5. The van der Waals surface area contributed by atoms with Crippen molar-refractivity contribution in [1.29, 1.82) is 0 Å². The monoisotopic (exact) mass is 412 g/mol. The van der Waals surface area contributed by atoms with Gasteiger partial charge in [-0.25, -0.2) is 8.78 Å². The molecule has 0 fully saturated rings. The highest BCUT2D eigenvalue weighted by Crippen LogP contribution is 2.13. The van der Waals surface area contributed by atoms with E-state index in [4.69, 9.17) is 0 Å². The molecular weight excluding hydrogens is 386 g/mol. The Bertz CT molecular complexity index is 1150. The molecule has 0 N–H and O–H groups in total. The molecule has 0 saturated carbocycles. The average Bonchev–Trinajstić information content (AvgIpc) is 2.78. The molecule has 3 aromatic carbocycles. The van der Waals surface area contributed by atoms with E-state index in [0.29, 0.717) is 23.1 Å².